The molecule has 0 radical (unpaired) electrons. The average molecular weight is 337 g/mol. The smallest absolute Gasteiger partial charge is 0.270 e. The van der Waals surface area contributed by atoms with Gasteiger partial charge in [-0.05, 0) is 56.2 Å². The monoisotopic (exact) mass is 337 g/mol. The van der Waals surface area contributed by atoms with Crippen molar-refractivity contribution in [2.24, 2.45) is 0 Å². The van der Waals surface area contributed by atoms with Gasteiger partial charge in [0.2, 0.25) is 0 Å². The van der Waals surface area contributed by atoms with Crippen LogP contribution in [0.1, 0.15) is 59.9 Å². The van der Waals surface area contributed by atoms with Crippen molar-refractivity contribution in [3.8, 4) is 0 Å². The first-order chi connectivity index (χ1) is 12.1. The van der Waals surface area contributed by atoms with Gasteiger partial charge in [-0.15, -0.1) is 0 Å². The van der Waals surface area contributed by atoms with Crippen LogP contribution in [0.4, 0.5) is 11.4 Å². The van der Waals surface area contributed by atoms with Crippen LogP contribution in [-0.2, 0) is 0 Å². The lowest BCUT2D eigenvalue weighted by molar-refractivity contribution is 0.0922. The van der Waals surface area contributed by atoms with E-state index in [4.69, 9.17) is 0 Å². The summed E-state index contributed by atoms with van der Waals surface area (Å²) >= 11 is 0. The number of ketones is 1. The maximum absolute atomic E-state index is 12.3. The van der Waals surface area contributed by atoms with Gasteiger partial charge in [-0.25, -0.2) is 4.98 Å². The standard InChI is InChI=1S/C20H23N3O2/c1-14(24)15-7-9-17(10-8-15)22-18-11-12-19(21-13-18)20(25)23-16-5-3-2-4-6-16/h7-13,16,22H,2-6H2,1H3,(H,23,25). The van der Waals surface area contributed by atoms with E-state index >= 15 is 0 Å². The van der Waals surface area contributed by atoms with Gasteiger partial charge in [-0.3, -0.25) is 9.59 Å². The van der Waals surface area contributed by atoms with Crippen LogP contribution in [0, 0.1) is 0 Å². The number of nitrogens with zero attached hydrogens (tertiary/aromatic N) is 1. The van der Waals surface area contributed by atoms with Gasteiger partial charge in [-0.1, -0.05) is 19.3 Å². The summed E-state index contributed by atoms with van der Waals surface area (Å²) in [6.07, 6.45) is 7.39. The third-order valence-electron chi connectivity index (χ3n) is 4.52. The number of aromatic nitrogens is 1. The van der Waals surface area contributed by atoms with Crippen molar-refractivity contribution in [1.29, 1.82) is 0 Å². The molecule has 1 saturated carbocycles. The molecule has 1 aliphatic carbocycles. The van der Waals surface area contributed by atoms with Gasteiger partial charge in [0.15, 0.2) is 5.78 Å². The Labute approximate surface area is 147 Å². The van der Waals surface area contributed by atoms with Gasteiger partial charge in [0, 0.05) is 17.3 Å². The zero-order chi connectivity index (χ0) is 17.6. The highest BCUT2D eigenvalue weighted by atomic mass is 16.2. The number of hydrogen-bond acceptors (Lipinski definition) is 4. The Bertz CT molecular complexity index is 733. The summed E-state index contributed by atoms with van der Waals surface area (Å²) in [5, 5.41) is 6.28. The fraction of sp³-hybridized carbons (Fsp3) is 0.350. The molecule has 0 spiro atoms. The molecule has 2 N–H and O–H groups in total. The van der Waals surface area contributed by atoms with E-state index in [0.717, 1.165) is 24.2 Å². The molecule has 0 bridgehead atoms. The van der Waals surface area contributed by atoms with Crippen LogP contribution in [0.25, 0.3) is 0 Å². The van der Waals surface area contributed by atoms with Gasteiger partial charge >= 0.3 is 0 Å². The molecule has 0 unspecified atom stereocenters. The quantitative estimate of drug-likeness (QED) is 0.806. The molecule has 5 nitrogen and oxygen atoms in total. The van der Waals surface area contributed by atoms with Gasteiger partial charge in [0.25, 0.3) is 5.91 Å². The number of hydrogen-bond donors (Lipinski definition) is 2. The van der Waals surface area contributed by atoms with Gasteiger partial charge in [0.1, 0.15) is 5.69 Å². The molecule has 1 aliphatic rings. The van der Waals surface area contributed by atoms with Crippen LogP contribution >= 0.6 is 0 Å². The minimum atomic E-state index is -0.107. The summed E-state index contributed by atoms with van der Waals surface area (Å²) in [5.74, 6) is -0.0641. The second-order valence-corrected chi connectivity index (χ2v) is 6.50. The number of carbonyl (C=O) groups excluding carboxylic acids is 2. The molecular formula is C20H23N3O2. The molecule has 2 aromatic rings. The molecule has 1 aromatic heterocycles. The Kier molecular flexibility index (Phi) is 5.43. The van der Waals surface area contributed by atoms with E-state index in [0.29, 0.717) is 11.3 Å². The van der Waals surface area contributed by atoms with E-state index in [2.05, 4.69) is 15.6 Å². The van der Waals surface area contributed by atoms with Crippen LogP contribution in [-0.4, -0.2) is 22.7 Å². The fourth-order valence-corrected chi connectivity index (χ4v) is 3.06. The Hall–Kier alpha value is -2.69. The normalized spacial score (nSPS) is 14.8. The zero-order valence-corrected chi connectivity index (χ0v) is 14.4. The first-order valence-corrected chi connectivity index (χ1v) is 8.77. The topological polar surface area (TPSA) is 71.1 Å². The third kappa shape index (κ3) is 4.66. The molecule has 3 rings (SSSR count). The van der Waals surface area contributed by atoms with Crippen LogP contribution in [0.2, 0.25) is 0 Å². The summed E-state index contributed by atoms with van der Waals surface area (Å²) < 4.78 is 0. The number of amides is 1. The molecule has 5 heteroatoms. The maximum atomic E-state index is 12.3. The van der Waals surface area contributed by atoms with E-state index in [-0.39, 0.29) is 17.7 Å². The summed E-state index contributed by atoms with van der Waals surface area (Å²) in [4.78, 5) is 27.8. The summed E-state index contributed by atoms with van der Waals surface area (Å²) in [6, 6.07) is 11.1. The first-order valence-electron chi connectivity index (χ1n) is 8.77. The SMILES string of the molecule is CC(=O)c1ccc(Nc2ccc(C(=O)NC3CCCCC3)nc2)cc1. The van der Waals surface area contributed by atoms with Gasteiger partial charge in [-0.2, -0.15) is 0 Å². The molecule has 1 amide bonds. The number of pyridine rings is 1. The minimum absolute atomic E-state index is 0.0431. The Morgan fingerprint density at radius 2 is 1.64 bits per heavy atom. The van der Waals surface area contributed by atoms with Crippen molar-refractivity contribution in [1.82, 2.24) is 10.3 Å². The number of Topliss-reactive ketones (excluding diaryl/α,β-unsaturated/α-hetero) is 1. The highest BCUT2D eigenvalue weighted by Gasteiger charge is 2.17. The number of benzene rings is 1. The second-order valence-electron chi connectivity index (χ2n) is 6.50. The van der Waals surface area contributed by atoms with E-state index < -0.39 is 0 Å². The first kappa shape index (κ1) is 17.1. The number of nitrogens with one attached hydrogen (secondary N) is 2. The van der Waals surface area contributed by atoms with Crippen LogP contribution in [0.3, 0.4) is 0 Å². The maximum Gasteiger partial charge on any atom is 0.270 e. The highest BCUT2D eigenvalue weighted by Crippen LogP contribution is 2.19. The molecule has 0 aliphatic heterocycles. The van der Waals surface area contributed by atoms with Crippen molar-refractivity contribution in [2.75, 3.05) is 5.32 Å². The van der Waals surface area contributed by atoms with Crippen LogP contribution in [0.5, 0.6) is 0 Å². The lowest BCUT2D eigenvalue weighted by Gasteiger charge is -2.22. The van der Waals surface area contributed by atoms with Crippen molar-refractivity contribution >= 4 is 23.1 Å². The molecular weight excluding hydrogens is 314 g/mol. The molecule has 1 aromatic carbocycles. The molecule has 1 fully saturated rings. The Balaban J connectivity index is 1.59. The van der Waals surface area contributed by atoms with Gasteiger partial charge in [0.05, 0.1) is 11.9 Å². The van der Waals surface area contributed by atoms with Crippen molar-refractivity contribution < 1.29 is 9.59 Å². The number of rotatable bonds is 5. The van der Waals surface area contributed by atoms with E-state index in [9.17, 15) is 9.59 Å². The Morgan fingerprint density at radius 3 is 2.24 bits per heavy atom. The second kappa shape index (κ2) is 7.92. The molecule has 1 heterocycles. The van der Waals surface area contributed by atoms with E-state index in [1.165, 1.54) is 19.3 Å². The van der Waals surface area contributed by atoms with E-state index in [1.54, 1.807) is 31.3 Å². The molecule has 0 atom stereocenters. The zero-order valence-electron chi connectivity index (χ0n) is 14.4. The lowest BCUT2D eigenvalue weighted by atomic mass is 9.95. The van der Waals surface area contributed by atoms with Crippen LogP contribution in [0.15, 0.2) is 42.6 Å². The van der Waals surface area contributed by atoms with Crippen LogP contribution < -0.4 is 10.6 Å². The summed E-state index contributed by atoms with van der Waals surface area (Å²) in [7, 11) is 0. The fourth-order valence-electron chi connectivity index (χ4n) is 3.06. The van der Waals surface area contributed by atoms with Crippen molar-refractivity contribution in [3.05, 3.63) is 53.9 Å². The Morgan fingerprint density at radius 1 is 0.960 bits per heavy atom. The molecule has 0 saturated heterocycles. The van der Waals surface area contributed by atoms with Gasteiger partial charge < -0.3 is 10.6 Å². The van der Waals surface area contributed by atoms with Crippen molar-refractivity contribution in [2.45, 2.75) is 45.1 Å². The molecule has 25 heavy (non-hydrogen) atoms. The largest absolute Gasteiger partial charge is 0.354 e. The average Bonchev–Trinajstić information content (AvgIpc) is 2.63. The molecule has 130 valence electrons. The number of anilines is 2. The predicted molar refractivity (Wildman–Crippen MR) is 98.3 cm³/mol. The minimum Gasteiger partial charge on any atom is -0.354 e. The predicted octanol–water partition coefficient (Wildman–Crippen LogP) is 4.09. The number of carbonyl (C=O) groups is 2. The van der Waals surface area contributed by atoms with E-state index in [1.807, 2.05) is 18.2 Å². The summed E-state index contributed by atoms with van der Waals surface area (Å²) in [5.41, 5.74) is 2.78. The third-order valence-corrected chi connectivity index (χ3v) is 4.52. The highest BCUT2D eigenvalue weighted by molar-refractivity contribution is 5.94. The summed E-state index contributed by atoms with van der Waals surface area (Å²) in [6.45, 7) is 1.55. The lowest BCUT2D eigenvalue weighted by Crippen LogP contribution is -2.36. The van der Waals surface area contributed by atoms with Crippen molar-refractivity contribution in [3.63, 3.8) is 0 Å².